The van der Waals surface area contributed by atoms with Crippen LogP contribution in [0.2, 0.25) is 0 Å². The summed E-state index contributed by atoms with van der Waals surface area (Å²) in [5.41, 5.74) is 0. The molecular formula is C11H18ClN3. The van der Waals surface area contributed by atoms with Crippen molar-refractivity contribution in [2.75, 3.05) is 25.5 Å². The van der Waals surface area contributed by atoms with Crippen LogP contribution < -0.4 is 0 Å². The standard InChI is InChI=1S/C11H18ClN3/c12-9-11-3-1-5-14(10-11)7-8-15-6-2-4-13-15/h2,4,6,11H,1,3,5,7-10H2. The number of aromatic nitrogens is 2. The molecule has 0 amide bonds. The molecule has 1 aliphatic rings. The monoisotopic (exact) mass is 227 g/mol. The van der Waals surface area contributed by atoms with E-state index in [1.807, 2.05) is 23.1 Å². The number of alkyl halides is 1. The van der Waals surface area contributed by atoms with Gasteiger partial charge in [-0.25, -0.2) is 0 Å². The van der Waals surface area contributed by atoms with Gasteiger partial charge in [0, 0.05) is 31.4 Å². The Bertz CT molecular complexity index is 273. The summed E-state index contributed by atoms with van der Waals surface area (Å²) < 4.78 is 1.99. The van der Waals surface area contributed by atoms with Crippen molar-refractivity contribution in [3.05, 3.63) is 18.5 Å². The minimum Gasteiger partial charge on any atom is -0.301 e. The summed E-state index contributed by atoms with van der Waals surface area (Å²) in [7, 11) is 0. The van der Waals surface area contributed by atoms with E-state index < -0.39 is 0 Å². The van der Waals surface area contributed by atoms with E-state index in [0.29, 0.717) is 5.92 Å². The molecule has 1 fully saturated rings. The lowest BCUT2D eigenvalue weighted by atomic mass is 10.0. The summed E-state index contributed by atoms with van der Waals surface area (Å²) in [6, 6.07) is 1.97. The van der Waals surface area contributed by atoms with Gasteiger partial charge in [0.15, 0.2) is 0 Å². The van der Waals surface area contributed by atoms with E-state index in [2.05, 4.69) is 10.00 Å². The largest absolute Gasteiger partial charge is 0.301 e. The van der Waals surface area contributed by atoms with Crippen molar-refractivity contribution in [1.29, 1.82) is 0 Å². The highest BCUT2D eigenvalue weighted by atomic mass is 35.5. The van der Waals surface area contributed by atoms with E-state index in [9.17, 15) is 0 Å². The van der Waals surface area contributed by atoms with Gasteiger partial charge >= 0.3 is 0 Å². The quantitative estimate of drug-likeness (QED) is 0.732. The second-order valence-electron chi connectivity index (χ2n) is 4.23. The van der Waals surface area contributed by atoms with Crippen LogP contribution in [0.15, 0.2) is 18.5 Å². The van der Waals surface area contributed by atoms with Crippen molar-refractivity contribution in [3.63, 3.8) is 0 Å². The molecule has 0 radical (unpaired) electrons. The van der Waals surface area contributed by atoms with Crippen LogP contribution in [0.25, 0.3) is 0 Å². The molecule has 1 unspecified atom stereocenters. The molecule has 15 heavy (non-hydrogen) atoms. The third-order valence-electron chi connectivity index (χ3n) is 3.03. The van der Waals surface area contributed by atoms with Crippen molar-refractivity contribution >= 4 is 11.6 Å². The van der Waals surface area contributed by atoms with Gasteiger partial charge in [-0.05, 0) is 31.4 Å². The van der Waals surface area contributed by atoms with E-state index in [0.717, 1.165) is 25.5 Å². The fourth-order valence-corrected chi connectivity index (χ4v) is 2.41. The molecule has 0 aromatic carbocycles. The van der Waals surface area contributed by atoms with Crippen LogP contribution in [-0.2, 0) is 6.54 Å². The second-order valence-corrected chi connectivity index (χ2v) is 4.54. The van der Waals surface area contributed by atoms with Crippen LogP contribution in [0, 0.1) is 5.92 Å². The number of hydrogen-bond donors (Lipinski definition) is 0. The molecule has 1 aliphatic heterocycles. The summed E-state index contributed by atoms with van der Waals surface area (Å²) in [6.45, 7) is 4.45. The molecule has 2 heterocycles. The number of likely N-dealkylation sites (tertiary alicyclic amines) is 1. The highest BCUT2D eigenvalue weighted by Gasteiger charge is 2.18. The molecule has 1 atom stereocenters. The van der Waals surface area contributed by atoms with Gasteiger partial charge in [-0.3, -0.25) is 4.68 Å². The molecule has 84 valence electrons. The Hall–Kier alpha value is -0.540. The molecule has 4 heteroatoms. The van der Waals surface area contributed by atoms with Crippen LogP contribution in [0.1, 0.15) is 12.8 Å². The predicted molar refractivity (Wildman–Crippen MR) is 62.1 cm³/mol. The van der Waals surface area contributed by atoms with Crippen LogP contribution in [0.3, 0.4) is 0 Å². The SMILES string of the molecule is ClCC1CCCN(CCn2cccn2)C1. The van der Waals surface area contributed by atoms with Crippen molar-refractivity contribution in [1.82, 2.24) is 14.7 Å². The third kappa shape index (κ3) is 3.21. The molecule has 1 saturated heterocycles. The molecule has 1 aromatic rings. The first-order valence-electron chi connectivity index (χ1n) is 5.64. The highest BCUT2D eigenvalue weighted by Crippen LogP contribution is 2.17. The Labute approximate surface area is 96.0 Å². The number of piperidine rings is 1. The number of halogens is 1. The van der Waals surface area contributed by atoms with E-state index >= 15 is 0 Å². The van der Waals surface area contributed by atoms with Gasteiger partial charge in [0.05, 0.1) is 6.54 Å². The summed E-state index contributed by atoms with van der Waals surface area (Å²) in [6.07, 6.45) is 6.43. The smallest absolute Gasteiger partial charge is 0.0536 e. The Morgan fingerprint density at radius 2 is 2.33 bits per heavy atom. The maximum absolute atomic E-state index is 5.90. The lowest BCUT2D eigenvalue weighted by Crippen LogP contribution is -2.38. The van der Waals surface area contributed by atoms with Gasteiger partial charge in [0.2, 0.25) is 0 Å². The highest BCUT2D eigenvalue weighted by molar-refractivity contribution is 6.18. The number of rotatable bonds is 4. The second kappa shape index (κ2) is 5.52. The van der Waals surface area contributed by atoms with E-state index in [1.165, 1.54) is 19.4 Å². The zero-order chi connectivity index (χ0) is 10.5. The van der Waals surface area contributed by atoms with Crippen LogP contribution >= 0.6 is 11.6 Å². The molecule has 3 nitrogen and oxygen atoms in total. The normalized spacial score (nSPS) is 23.1. The Morgan fingerprint density at radius 3 is 3.07 bits per heavy atom. The van der Waals surface area contributed by atoms with Gasteiger partial charge in [-0.1, -0.05) is 0 Å². The lowest BCUT2D eigenvalue weighted by Gasteiger charge is -2.31. The molecule has 0 saturated carbocycles. The Morgan fingerprint density at radius 1 is 1.40 bits per heavy atom. The average Bonchev–Trinajstić information content (AvgIpc) is 2.79. The number of nitrogens with zero attached hydrogens (tertiary/aromatic N) is 3. The summed E-state index contributed by atoms with van der Waals surface area (Å²) in [5.74, 6) is 1.50. The van der Waals surface area contributed by atoms with Crippen molar-refractivity contribution in [3.8, 4) is 0 Å². The van der Waals surface area contributed by atoms with Crippen molar-refractivity contribution in [2.45, 2.75) is 19.4 Å². The van der Waals surface area contributed by atoms with Crippen molar-refractivity contribution < 1.29 is 0 Å². The molecule has 1 aromatic heterocycles. The van der Waals surface area contributed by atoms with E-state index in [4.69, 9.17) is 11.6 Å². The fraction of sp³-hybridized carbons (Fsp3) is 0.727. The van der Waals surface area contributed by atoms with Gasteiger partial charge < -0.3 is 4.90 Å². The van der Waals surface area contributed by atoms with Gasteiger partial charge in [0.1, 0.15) is 0 Å². The molecule has 0 N–H and O–H groups in total. The topological polar surface area (TPSA) is 21.1 Å². The maximum Gasteiger partial charge on any atom is 0.0536 e. The molecule has 0 aliphatic carbocycles. The summed E-state index contributed by atoms with van der Waals surface area (Å²) >= 11 is 5.90. The fourth-order valence-electron chi connectivity index (χ4n) is 2.16. The average molecular weight is 228 g/mol. The number of hydrogen-bond acceptors (Lipinski definition) is 2. The first-order chi connectivity index (χ1) is 7.38. The Balaban J connectivity index is 1.74. The van der Waals surface area contributed by atoms with Crippen LogP contribution in [-0.4, -0.2) is 40.2 Å². The molecular weight excluding hydrogens is 210 g/mol. The van der Waals surface area contributed by atoms with Gasteiger partial charge in [0.25, 0.3) is 0 Å². The van der Waals surface area contributed by atoms with Crippen LogP contribution in [0.4, 0.5) is 0 Å². The predicted octanol–water partition coefficient (Wildman–Crippen LogP) is 1.83. The zero-order valence-corrected chi connectivity index (χ0v) is 9.73. The molecule has 0 bridgehead atoms. The van der Waals surface area contributed by atoms with Gasteiger partial charge in [-0.2, -0.15) is 5.10 Å². The maximum atomic E-state index is 5.90. The molecule has 2 rings (SSSR count). The Kier molecular flexibility index (Phi) is 4.03. The van der Waals surface area contributed by atoms with E-state index in [-0.39, 0.29) is 0 Å². The lowest BCUT2D eigenvalue weighted by molar-refractivity contribution is 0.177. The third-order valence-corrected chi connectivity index (χ3v) is 3.46. The first-order valence-corrected chi connectivity index (χ1v) is 6.17. The van der Waals surface area contributed by atoms with Gasteiger partial charge in [-0.15, -0.1) is 11.6 Å². The van der Waals surface area contributed by atoms with E-state index in [1.54, 1.807) is 0 Å². The summed E-state index contributed by atoms with van der Waals surface area (Å²) in [4.78, 5) is 2.50. The minimum absolute atomic E-state index is 0.693. The summed E-state index contributed by atoms with van der Waals surface area (Å²) in [5, 5.41) is 4.20. The first kappa shape index (κ1) is 11.0. The minimum atomic E-state index is 0.693. The van der Waals surface area contributed by atoms with Crippen molar-refractivity contribution in [2.24, 2.45) is 5.92 Å². The zero-order valence-electron chi connectivity index (χ0n) is 8.98. The van der Waals surface area contributed by atoms with Crippen LogP contribution in [0.5, 0.6) is 0 Å². The molecule has 0 spiro atoms.